The number of benzene rings is 1. The Hall–Kier alpha value is -1.72. The fraction of sp³-hybridized carbons (Fsp3) is 0.438. The topological polar surface area (TPSA) is 64.8 Å². The van der Waals surface area contributed by atoms with Crippen LogP contribution in [0.1, 0.15) is 18.9 Å². The van der Waals surface area contributed by atoms with Gasteiger partial charge in [0.25, 0.3) is 5.91 Å². The Morgan fingerprint density at radius 3 is 2.82 bits per heavy atom. The minimum absolute atomic E-state index is 0. The maximum Gasteiger partial charge on any atom is 0.260 e. The molecule has 1 aromatic rings. The van der Waals surface area contributed by atoms with Crippen LogP contribution < -0.4 is 15.2 Å². The maximum atomic E-state index is 12.0. The number of hydrogen-bond donors (Lipinski definition) is 1. The number of likely N-dealkylation sites (tertiary alicyclic amines) is 1. The fourth-order valence-corrected chi connectivity index (χ4v) is 2.34. The predicted octanol–water partition coefficient (Wildman–Crippen LogP) is 2.09. The third-order valence-electron chi connectivity index (χ3n) is 3.48. The van der Waals surface area contributed by atoms with Gasteiger partial charge in [-0.15, -0.1) is 12.4 Å². The Labute approximate surface area is 137 Å². The zero-order chi connectivity index (χ0) is 15.2. The van der Waals surface area contributed by atoms with Crippen molar-refractivity contribution in [1.29, 1.82) is 0 Å². The highest BCUT2D eigenvalue weighted by Crippen LogP contribution is 2.28. The molecule has 6 heteroatoms. The number of nitrogens with zero attached hydrogens (tertiary/aromatic N) is 1. The van der Waals surface area contributed by atoms with Gasteiger partial charge in [0.15, 0.2) is 18.1 Å². The molecule has 0 unspecified atom stereocenters. The number of hydrogen-bond acceptors (Lipinski definition) is 4. The van der Waals surface area contributed by atoms with Crippen LogP contribution in [-0.4, -0.2) is 43.7 Å². The molecule has 1 fully saturated rings. The van der Waals surface area contributed by atoms with Crippen molar-refractivity contribution in [3.8, 4) is 11.5 Å². The van der Waals surface area contributed by atoms with E-state index in [4.69, 9.17) is 15.2 Å². The van der Waals surface area contributed by atoms with E-state index in [-0.39, 0.29) is 31.0 Å². The lowest BCUT2D eigenvalue weighted by Gasteiger charge is -2.17. The van der Waals surface area contributed by atoms with Gasteiger partial charge in [-0.2, -0.15) is 0 Å². The van der Waals surface area contributed by atoms with Gasteiger partial charge >= 0.3 is 0 Å². The van der Waals surface area contributed by atoms with Gasteiger partial charge in [-0.25, -0.2) is 0 Å². The van der Waals surface area contributed by atoms with Crippen molar-refractivity contribution in [3.63, 3.8) is 0 Å². The van der Waals surface area contributed by atoms with E-state index < -0.39 is 0 Å². The Morgan fingerprint density at radius 2 is 2.23 bits per heavy atom. The van der Waals surface area contributed by atoms with Crippen molar-refractivity contribution in [1.82, 2.24) is 4.90 Å². The number of carbonyl (C=O) groups is 1. The number of carbonyl (C=O) groups excluding carboxylic acids is 1. The van der Waals surface area contributed by atoms with E-state index in [0.29, 0.717) is 24.6 Å². The minimum Gasteiger partial charge on any atom is -0.493 e. The van der Waals surface area contributed by atoms with Crippen LogP contribution in [0.3, 0.4) is 0 Å². The summed E-state index contributed by atoms with van der Waals surface area (Å²) in [7, 11) is 1.59. The third-order valence-corrected chi connectivity index (χ3v) is 3.48. The lowest BCUT2D eigenvalue weighted by Crippen LogP contribution is -2.35. The van der Waals surface area contributed by atoms with E-state index in [1.807, 2.05) is 37.3 Å². The van der Waals surface area contributed by atoms with Crippen LogP contribution >= 0.6 is 12.4 Å². The summed E-state index contributed by atoms with van der Waals surface area (Å²) < 4.78 is 10.9. The van der Waals surface area contributed by atoms with Gasteiger partial charge in [-0.1, -0.05) is 18.2 Å². The number of halogens is 1. The average Bonchev–Trinajstić information content (AvgIpc) is 2.92. The van der Waals surface area contributed by atoms with Crippen LogP contribution in [0.5, 0.6) is 11.5 Å². The molecule has 22 heavy (non-hydrogen) atoms. The van der Waals surface area contributed by atoms with Gasteiger partial charge in [-0.3, -0.25) is 4.79 Å². The van der Waals surface area contributed by atoms with E-state index in [0.717, 1.165) is 12.0 Å². The van der Waals surface area contributed by atoms with Gasteiger partial charge < -0.3 is 20.1 Å². The van der Waals surface area contributed by atoms with Crippen molar-refractivity contribution < 1.29 is 14.3 Å². The number of nitrogens with two attached hydrogens (primary N) is 1. The van der Waals surface area contributed by atoms with Gasteiger partial charge in [0.2, 0.25) is 0 Å². The summed E-state index contributed by atoms with van der Waals surface area (Å²) in [6, 6.07) is 5.71. The number of allylic oxidation sites excluding steroid dienone is 1. The molecule has 2 rings (SSSR count). The molecule has 0 aromatic heterocycles. The first-order valence-corrected chi connectivity index (χ1v) is 7.11. The molecule has 2 N–H and O–H groups in total. The van der Waals surface area contributed by atoms with E-state index in [9.17, 15) is 4.79 Å². The molecule has 0 aliphatic carbocycles. The highest BCUT2D eigenvalue weighted by atomic mass is 35.5. The van der Waals surface area contributed by atoms with E-state index in [1.165, 1.54) is 0 Å². The Morgan fingerprint density at radius 1 is 1.45 bits per heavy atom. The molecule has 5 nitrogen and oxygen atoms in total. The molecule has 1 saturated heterocycles. The molecule has 0 radical (unpaired) electrons. The largest absolute Gasteiger partial charge is 0.493 e. The first kappa shape index (κ1) is 18.3. The number of methoxy groups -OCH3 is 1. The van der Waals surface area contributed by atoms with Crippen molar-refractivity contribution in [2.45, 2.75) is 19.4 Å². The van der Waals surface area contributed by atoms with Crippen molar-refractivity contribution in [2.24, 2.45) is 5.73 Å². The van der Waals surface area contributed by atoms with E-state index in [1.54, 1.807) is 12.0 Å². The Balaban J connectivity index is 0.00000242. The molecule has 1 heterocycles. The standard InChI is InChI=1S/C16H22N2O3.ClH/c1-3-4-12-5-6-14(15(9-12)20-2)21-11-16(19)18-8-7-13(17)10-18;/h3-6,9,13H,7-8,10-11,17H2,1-2H3;1H/b4-3+;/t13-;/m1./s1. The second-order valence-electron chi connectivity index (χ2n) is 5.09. The zero-order valence-corrected chi connectivity index (χ0v) is 13.8. The highest BCUT2D eigenvalue weighted by molar-refractivity contribution is 5.85. The van der Waals surface area contributed by atoms with Gasteiger partial charge in [-0.05, 0) is 31.0 Å². The van der Waals surface area contributed by atoms with Gasteiger partial charge in [0.05, 0.1) is 7.11 Å². The molecule has 1 aliphatic heterocycles. The lowest BCUT2D eigenvalue weighted by molar-refractivity contribution is -0.132. The summed E-state index contributed by atoms with van der Waals surface area (Å²) in [5.74, 6) is 1.15. The molecular weight excluding hydrogens is 304 g/mol. The zero-order valence-electron chi connectivity index (χ0n) is 13.0. The van der Waals surface area contributed by atoms with Crippen molar-refractivity contribution >= 4 is 24.4 Å². The molecule has 1 aromatic carbocycles. The van der Waals surface area contributed by atoms with Gasteiger partial charge in [0, 0.05) is 19.1 Å². The Bertz CT molecular complexity index is 534. The third kappa shape index (κ3) is 4.64. The molecule has 1 amide bonds. The second kappa shape index (κ2) is 8.66. The van der Waals surface area contributed by atoms with E-state index >= 15 is 0 Å². The molecule has 0 bridgehead atoms. The molecule has 1 aliphatic rings. The average molecular weight is 327 g/mol. The summed E-state index contributed by atoms with van der Waals surface area (Å²) in [6.45, 7) is 3.28. The van der Waals surface area contributed by atoms with Crippen LogP contribution in [0.4, 0.5) is 0 Å². The minimum atomic E-state index is -0.0393. The van der Waals surface area contributed by atoms with Gasteiger partial charge in [0.1, 0.15) is 0 Å². The molecule has 0 saturated carbocycles. The van der Waals surface area contributed by atoms with Crippen LogP contribution in [0.25, 0.3) is 6.08 Å². The number of rotatable bonds is 5. The molecule has 122 valence electrons. The van der Waals surface area contributed by atoms with Crippen molar-refractivity contribution in [3.05, 3.63) is 29.8 Å². The molecular formula is C16H23ClN2O3. The summed E-state index contributed by atoms with van der Waals surface area (Å²) in [5, 5.41) is 0. The first-order chi connectivity index (χ1) is 10.1. The molecule has 0 spiro atoms. The monoisotopic (exact) mass is 326 g/mol. The number of ether oxygens (including phenoxy) is 2. The van der Waals surface area contributed by atoms with Crippen LogP contribution in [-0.2, 0) is 4.79 Å². The normalized spacial score (nSPS) is 17.4. The molecule has 1 atom stereocenters. The fourth-order valence-electron chi connectivity index (χ4n) is 2.34. The van der Waals surface area contributed by atoms with Crippen LogP contribution in [0, 0.1) is 0 Å². The maximum absolute atomic E-state index is 12.0. The number of amides is 1. The quantitative estimate of drug-likeness (QED) is 0.900. The van der Waals surface area contributed by atoms with Crippen LogP contribution in [0.15, 0.2) is 24.3 Å². The second-order valence-corrected chi connectivity index (χ2v) is 5.09. The lowest BCUT2D eigenvalue weighted by atomic mass is 10.2. The predicted molar refractivity (Wildman–Crippen MR) is 89.6 cm³/mol. The summed E-state index contributed by atoms with van der Waals surface area (Å²) in [5.41, 5.74) is 6.83. The smallest absolute Gasteiger partial charge is 0.260 e. The van der Waals surface area contributed by atoms with Crippen molar-refractivity contribution in [2.75, 3.05) is 26.8 Å². The Kier molecular flexibility index (Phi) is 7.21. The summed E-state index contributed by atoms with van der Waals surface area (Å²) >= 11 is 0. The first-order valence-electron chi connectivity index (χ1n) is 7.11. The van der Waals surface area contributed by atoms with E-state index in [2.05, 4.69) is 0 Å². The summed E-state index contributed by atoms with van der Waals surface area (Å²) in [4.78, 5) is 13.8. The van der Waals surface area contributed by atoms with Crippen LogP contribution in [0.2, 0.25) is 0 Å². The SMILES string of the molecule is C/C=C/c1ccc(OCC(=O)N2CC[C@@H](N)C2)c(OC)c1.Cl. The summed E-state index contributed by atoms with van der Waals surface area (Å²) in [6.07, 6.45) is 4.78. The highest BCUT2D eigenvalue weighted by Gasteiger charge is 2.23.